The zero-order chi connectivity index (χ0) is 15.7. The second kappa shape index (κ2) is 6.58. The topological polar surface area (TPSA) is 62.2 Å². The van der Waals surface area contributed by atoms with Gasteiger partial charge in [-0.15, -0.1) is 12.4 Å². The van der Waals surface area contributed by atoms with Crippen molar-refractivity contribution in [2.75, 3.05) is 5.32 Å². The van der Waals surface area contributed by atoms with Gasteiger partial charge in [0, 0.05) is 23.3 Å². The lowest BCUT2D eigenvalue weighted by molar-refractivity contribution is 0.102. The number of fused-ring (bicyclic) bond motifs is 1. The summed E-state index contributed by atoms with van der Waals surface area (Å²) in [7, 11) is 0. The van der Waals surface area contributed by atoms with Crippen LogP contribution in [-0.4, -0.2) is 16.0 Å². The molecule has 0 fully saturated rings. The van der Waals surface area contributed by atoms with E-state index in [9.17, 15) is 18.7 Å². The molecule has 0 bridgehead atoms. The molecule has 0 saturated heterocycles. The number of hydrogen-bond donors (Lipinski definition) is 2. The number of carbonyl (C=O) groups excluding carboxylic acids is 1. The fraction of sp³-hybridized carbons (Fsp3) is 0. The Bertz CT molecular complexity index is 867. The van der Waals surface area contributed by atoms with Crippen LogP contribution >= 0.6 is 12.4 Å². The van der Waals surface area contributed by atoms with E-state index < -0.39 is 17.5 Å². The van der Waals surface area contributed by atoms with Crippen molar-refractivity contribution in [2.24, 2.45) is 0 Å². The number of rotatable bonds is 2. The number of aromatic hydroxyl groups is 1. The number of hydrogen-bond acceptors (Lipinski definition) is 3. The van der Waals surface area contributed by atoms with Crippen LogP contribution in [0.1, 0.15) is 10.4 Å². The first-order chi connectivity index (χ1) is 10.5. The summed E-state index contributed by atoms with van der Waals surface area (Å²) >= 11 is 0. The number of carbonyl (C=O) groups is 1. The van der Waals surface area contributed by atoms with E-state index in [2.05, 4.69) is 10.3 Å². The maximum Gasteiger partial charge on any atom is 0.259 e. The van der Waals surface area contributed by atoms with Gasteiger partial charge in [0.1, 0.15) is 17.2 Å². The van der Waals surface area contributed by atoms with Gasteiger partial charge < -0.3 is 10.4 Å². The molecule has 0 aliphatic carbocycles. The van der Waals surface area contributed by atoms with E-state index in [1.165, 1.54) is 12.3 Å². The van der Waals surface area contributed by atoms with E-state index in [0.29, 0.717) is 11.5 Å². The third-order valence-corrected chi connectivity index (χ3v) is 3.11. The third kappa shape index (κ3) is 3.37. The molecule has 0 aliphatic rings. The largest absolute Gasteiger partial charge is 0.505 e. The van der Waals surface area contributed by atoms with Gasteiger partial charge in [0.25, 0.3) is 5.91 Å². The standard InChI is InChI=1S/C16H10F2N2O2.ClH/c17-10-6-11(18)8-12(7-10)20-16(22)13-4-3-9-2-1-5-19-14(9)15(13)21;/h1-8,21H,(H,20,22);1H. The fourth-order valence-electron chi connectivity index (χ4n) is 2.14. The monoisotopic (exact) mass is 336 g/mol. The summed E-state index contributed by atoms with van der Waals surface area (Å²) in [5.41, 5.74) is 0.208. The average molecular weight is 337 g/mol. The number of aromatic nitrogens is 1. The summed E-state index contributed by atoms with van der Waals surface area (Å²) in [4.78, 5) is 16.2. The quantitative estimate of drug-likeness (QED) is 0.746. The number of anilines is 1. The van der Waals surface area contributed by atoms with Crippen LogP contribution in [0.4, 0.5) is 14.5 Å². The van der Waals surface area contributed by atoms with E-state index in [1.54, 1.807) is 18.2 Å². The van der Waals surface area contributed by atoms with E-state index in [-0.39, 0.29) is 34.9 Å². The number of halogens is 3. The van der Waals surface area contributed by atoms with Gasteiger partial charge in [-0.1, -0.05) is 12.1 Å². The average Bonchev–Trinajstić information content (AvgIpc) is 2.46. The highest BCUT2D eigenvalue weighted by Gasteiger charge is 2.15. The Morgan fingerprint density at radius 3 is 2.48 bits per heavy atom. The van der Waals surface area contributed by atoms with Crippen molar-refractivity contribution in [2.45, 2.75) is 0 Å². The smallest absolute Gasteiger partial charge is 0.259 e. The molecule has 0 atom stereocenters. The summed E-state index contributed by atoms with van der Waals surface area (Å²) < 4.78 is 26.2. The van der Waals surface area contributed by atoms with Gasteiger partial charge in [0.2, 0.25) is 0 Å². The third-order valence-electron chi connectivity index (χ3n) is 3.11. The normalized spacial score (nSPS) is 10.2. The molecule has 118 valence electrons. The molecule has 0 saturated carbocycles. The number of nitrogens with one attached hydrogen (secondary N) is 1. The summed E-state index contributed by atoms with van der Waals surface area (Å²) in [6, 6.07) is 9.16. The van der Waals surface area contributed by atoms with Crippen LogP contribution in [0.15, 0.2) is 48.7 Å². The highest BCUT2D eigenvalue weighted by atomic mass is 35.5. The maximum absolute atomic E-state index is 13.1. The SMILES string of the molecule is Cl.O=C(Nc1cc(F)cc(F)c1)c1ccc2cccnc2c1O. The zero-order valence-corrected chi connectivity index (χ0v) is 12.4. The van der Waals surface area contributed by atoms with Gasteiger partial charge in [0.15, 0.2) is 5.75 Å². The molecule has 3 rings (SSSR count). The first-order valence-corrected chi connectivity index (χ1v) is 6.39. The minimum atomic E-state index is -0.806. The Morgan fingerprint density at radius 1 is 1.09 bits per heavy atom. The predicted octanol–water partition coefficient (Wildman–Crippen LogP) is 3.89. The van der Waals surface area contributed by atoms with Gasteiger partial charge in [-0.3, -0.25) is 9.78 Å². The van der Waals surface area contributed by atoms with Crippen molar-refractivity contribution < 1.29 is 18.7 Å². The molecule has 7 heteroatoms. The first-order valence-electron chi connectivity index (χ1n) is 6.39. The molecular weight excluding hydrogens is 326 g/mol. The van der Waals surface area contributed by atoms with Crippen molar-refractivity contribution in [1.29, 1.82) is 0 Å². The number of benzene rings is 2. The highest BCUT2D eigenvalue weighted by molar-refractivity contribution is 6.09. The van der Waals surface area contributed by atoms with Crippen LogP contribution in [0.3, 0.4) is 0 Å². The second-order valence-corrected chi connectivity index (χ2v) is 4.65. The van der Waals surface area contributed by atoms with E-state index in [1.807, 2.05) is 0 Å². The second-order valence-electron chi connectivity index (χ2n) is 4.65. The molecule has 0 aliphatic heterocycles. The van der Waals surface area contributed by atoms with Crippen molar-refractivity contribution >= 4 is 34.9 Å². The minimum absolute atomic E-state index is 0. The van der Waals surface area contributed by atoms with Gasteiger partial charge >= 0.3 is 0 Å². The van der Waals surface area contributed by atoms with Gasteiger partial charge in [-0.2, -0.15) is 0 Å². The number of nitrogens with zero attached hydrogens (tertiary/aromatic N) is 1. The van der Waals surface area contributed by atoms with Crippen LogP contribution < -0.4 is 5.32 Å². The summed E-state index contributed by atoms with van der Waals surface area (Å²) in [5, 5.41) is 13.1. The molecule has 4 nitrogen and oxygen atoms in total. The van der Waals surface area contributed by atoms with Crippen LogP contribution in [0.5, 0.6) is 5.75 Å². The molecule has 3 aromatic rings. The molecular formula is C16H11ClF2N2O2. The van der Waals surface area contributed by atoms with Crippen LogP contribution in [0.2, 0.25) is 0 Å². The fourth-order valence-corrected chi connectivity index (χ4v) is 2.14. The molecule has 1 aromatic heterocycles. The minimum Gasteiger partial charge on any atom is -0.505 e. The van der Waals surface area contributed by atoms with Crippen molar-refractivity contribution in [3.63, 3.8) is 0 Å². The highest BCUT2D eigenvalue weighted by Crippen LogP contribution is 2.27. The Hall–Kier alpha value is -2.73. The maximum atomic E-state index is 13.1. The van der Waals surface area contributed by atoms with Crippen LogP contribution in [0, 0.1) is 11.6 Å². The van der Waals surface area contributed by atoms with Crippen LogP contribution in [0.25, 0.3) is 10.9 Å². The predicted molar refractivity (Wildman–Crippen MR) is 85.0 cm³/mol. The van der Waals surface area contributed by atoms with E-state index >= 15 is 0 Å². The van der Waals surface area contributed by atoms with Gasteiger partial charge in [0.05, 0.1) is 5.56 Å². The molecule has 2 aromatic carbocycles. The van der Waals surface area contributed by atoms with E-state index in [4.69, 9.17) is 0 Å². The Morgan fingerprint density at radius 2 is 1.78 bits per heavy atom. The molecule has 2 N–H and O–H groups in total. The molecule has 0 radical (unpaired) electrons. The number of amides is 1. The lowest BCUT2D eigenvalue weighted by Crippen LogP contribution is -2.12. The zero-order valence-electron chi connectivity index (χ0n) is 11.6. The Kier molecular flexibility index (Phi) is 4.76. The lowest BCUT2D eigenvalue weighted by atomic mass is 10.1. The van der Waals surface area contributed by atoms with Crippen molar-refractivity contribution in [1.82, 2.24) is 4.98 Å². The Balaban J connectivity index is 0.00000192. The van der Waals surface area contributed by atoms with Crippen molar-refractivity contribution in [3.05, 3.63) is 65.9 Å². The number of phenolic OH excluding ortho intramolecular Hbond substituents is 1. The van der Waals surface area contributed by atoms with Crippen LogP contribution in [-0.2, 0) is 0 Å². The lowest BCUT2D eigenvalue weighted by Gasteiger charge is -2.09. The number of pyridine rings is 1. The van der Waals surface area contributed by atoms with Crippen molar-refractivity contribution in [3.8, 4) is 5.75 Å². The molecule has 23 heavy (non-hydrogen) atoms. The Labute approximate surface area is 136 Å². The molecule has 0 unspecified atom stereocenters. The van der Waals surface area contributed by atoms with Gasteiger partial charge in [-0.05, 0) is 24.3 Å². The summed E-state index contributed by atoms with van der Waals surface area (Å²) in [6.45, 7) is 0. The van der Waals surface area contributed by atoms with E-state index in [0.717, 1.165) is 12.1 Å². The molecule has 1 amide bonds. The molecule has 0 spiro atoms. The molecule has 1 heterocycles. The summed E-state index contributed by atoms with van der Waals surface area (Å²) in [5.74, 6) is -2.58. The number of phenols is 1. The first kappa shape index (κ1) is 16.6. The van der Waals surface area contributed by atoms with Gasteiger partial charge in [-0.25, -0.2) is 8.78 Å². The summed E-state index contributed by atoms with van der Waals surface area (Å²) in [6.07, 6.45) is 1.49.